The highest BCUT2D eigenvalue weighted by atomic mass is 16.5. The number of aromatic nitrogens is 4. The first-order chi connectivity index (χ1) is 9.90. The Morgan fingerprint density at radius 2 is 1.95 bits per heavy atom. The first-order valence-electron chi connectivity index (χ1n) is 6.60. The summed E-state index contributed by atoms with van der Waals surface area (Å²) in [6.07, 6.45) is 0. The minimum atomic E-state index is -0.218. The average molecular weight is 289 g/mol. The van der Waals surface area contributed by atoms with Crippen molar-refractivity contribution in [3.05, 3.63) is 30.1 Å². The van der Waals surface area contributed by atoms with Gasteiger partial charge in [-0.2, -0.15) is 0 Å². The summed E-state index contributed by atoms with van der Waals surface area (Å²) in [5.74, 6) is 1.23. The van der Waals surface area contributed by atoms with Gasteiger partial charge in [0.2, 0.25) is 5.91 Å². The maximum Gasteiger partial charge on any atom is 0.246 e. The Morgan fingerprint density at radius 1 is 1.29 bits per heavy atom. The summed E-state index contributed by atoms with van der Waals surface area (Å²) in [6, 6.07) is 7.13. The molecule has 1 N–H and O–H groups in total. The number of amides is 1. The molecule has 1 heterocycles. The predicted octanol–water partition coefficient (Wildman–Crippen LogP) is 1.62. The molecule has 1 amide bonds. The van der Waals surface area contributed by atoms with Gasteiger partial charge in [0.15, 0.2) is 5.82 Å². The second-order valence-electron chi connectivity index (χ2n) is 5.69. The largest absolute Gasteiger partial charge is 0.497 e. The van der Waals surface area contributed by atoms with Gasteiger partial charge in [-0.1, -0.05) is 20.8 Å². The molecule has 0 aliphatic rings. The molecule has 0 bridgehead atoms. The van der Waals surface area contributed by atoms with Crippen LogP contribution in [-0.2, 0) is 16.8 Å². The molecule has 0 atom stereocenters. The molecule has 0 radical (unpaired) electrons. The van der Waals surface area contributed by atoms with Gasteiger partial charge in [-0.05, 0) is 34.7 Å². The molecule has 21 heavy (non-hydrogen) atoms. The van der Waals surface area contributed by atoms with E-state index in [1.807, 2.05) is 20.8 Å². The number of methoxy groups -OCH3 is 1. The van der Waals surface area contributed by atoms with Crippen LogP contribution in [0.1, 0.15) is 26.6 Å². The highest BCUT2D eigenvalue weighted by Gasteiger charge is 2.22. The molecule has 2 aromatic rings. The molecule has 0 fully saturated rings. The Kier molecular flexibility index (Phi) is 4.21. The topological polar surface area (TPSA) is 81.9 Å². The highest BCUT2D eigenvalue weighted by Crippen LogP contribution is 2.19. The Hall–Kier alpha value is -2.44. The Morgan fingerprint density at radius 3 is 2.52 bits per heavy atom. The molecule has 0 aliphatic heterocycles. The molecular formula is C14H19N5O2. The number of carbonyl (C=O) groups is 1. The lowest BCUT2D eigenvalue weighted by Gasteiger charge is -2.16. The molecule has 0 saturated heterocycles. The van der Waals surface area contributed by atoms with Crippen LogP contribution in [0.15, 0.2) is 24.3 Å². The molecule has 0 aliphatic carbocycles. The van der Waals surface area contributed by atoms with E-state index < -0.39 is 0 Å². The van der Waals surface area contributed by atoms with E-state index in [2.05, 4.69) is 20.8 Å². The summed E-state index contributed by atoms with van der Waals surface area (Å²) in [5.41, 5.74) is 0.482. The van der Waals surface area contributed by atoms with Gasteiger partial charge >= 0.3 is 0 Å². The molecule has 7 heteroatoms. The summed E-state index contributed by atoms with van der Waals surface area (Å²) < 4.78 is 6.58. The second kappa shape index (κ2) is 5.90. The molecule has 0 saturated carbocycles. The number of ether oxygens (including phenoxy) is 1. The first-order valence-corrected chi connectivity index (χ1v) is 6.60. The van der Waals surface area contributed by atoms with Crippen LogP contribution >= 0.6 is 0 Å². The lowest BCUT2D eigenvalue weighted by Crippen LogP contribution is -2.25. The fourth-order valence-electron chi connectivity index (χ4n) is 1.86. The van der Waals surface area contributed by atoms with E-state index in [0.717, 1.165) is 5.75 Å². The zero-order valence-corrected chi connectivity index (χ0v) is 12.6. The van der Waals surface area contributed by atoms with Crippen LogP contribution in [-0.4, -0.2) is 33.2 Å². The summed E-state index contributed by atoms with van der Waals surface area (Å²) in [5, 5.41) is 14.3. The maximum absolute atomic E-state index is 12.1. The van der Waals surface area contributed by atoms with Crippen LogP contribution in [0.25, 0.3) is 0 Å². The third-order valence-electron chi connectivity index (χ3n) is 2.87. The SMILES string of the molecule is COc1ccc(NC(=O)Cn2nnnc2C(C)(C)C)cc1. The van der Waals surface area contributed by atoms with Crippen molar-refractivity contribution in [2.24, 2.45) is 0 Å². The molecule has 112 valence electrons. The number of nitrogens with one attached hydrogen (secondary N) is 1. The molecule has 2 rings (SSSR count). The van der Waals surface area contributed by atoms with E-state index in [1.54, 1.807) is 31.4 Å². The van der Waals surface area contributed by atoms with Crippen molar-refractivity contribution in [1.29, 1.82) is 0 Å². The van der Waals surface area contributed by atoms with Gasteiger partial charge in [-0.15, -0.1) is 5.10 Å². The number of rotatable bonds is 4. The van der Waals surface area contributed by atoms with Crippen molar-refractivity contribution >= 4 is 11.6 Å². The van der Waals surface area contributed by atoms with Crippen molar-refractivity contribution in [1.82, 2.24) is 20.2 Å². The molecule has 7 nitrogen and oxygen atoms in total. The average Bonchev–Trinajstić information content (AvgIpc) is 2.87. The van der Waals surface area contributed by atoms with E-state index in [9.17, 15) is 4.79 Å². The van der Waals surface area contributed by atoms with E-state index in [4.69, 9.17) is 4.74 Å². The number of anilines is 1. The predicted molar refractivity (Wildman–Crippen MR) is 78.1 cm³/mol. The van der Waals surface area contributed by atoms with Crippen LogP contribution in [0.5, 0.6) is 5.75 Å². The number of nitrogens with zero attached hydrogens (tertiary/aromatic N) is 4. The van der Waals surface area contributed by atoms with Gasteiger partial charge in [0.05, 0.1) is 7.11 Å². The Balaban J connectivity index is 2.03. The number of benzene rings is 1. The van der Waals surface area contributed by atoms with E-state index in [-0.39, 0.29) is 17.9 Å². The second-order valence-corrected chi connectivity index (χ2v) is 5.69. The van der Waals surface area contributed by atoms with Gasteiger partial charge in [0.1, 0.15) is 12.3 Å². The standard InChI is InChI=1S/C14H19N5O2/c1-14(2,3)13-16-17-18-19(13)9-12(20)15-10-5-7-11(21-4)8-6-10/h5-8H,9H2,1-4H3,(H,15,20). The number of carbonyl (C=O) groups excluding carboxylic acids is 1. The summed E-state index contributed by atoms with van der Waals surface area (Å²) in [6.45, 7) is 6.06. The molecule has 0 unspecified atom stereocenters. The van der Waals surface area contributed by atoms with Gasteiger partial charge in [0, 0.05) is 11.1 Å². The third-order valence-corrected chi connectivity index (χ3v) is 2.87. The smallest absolute Gasteiger partial charge is 0.246 e. The Labute approximate surface area is 123 Å². The lowest BCUT2D eigenvalue weighted by molar-refractivity contribution is -0.117. The van der Waals surface area contributed by atoms with Crippen LogP contribution < -0.4 is 10.1 Å². The summed E-state index contributed by atoms with van der Waals surface area (Å²) in [4.78, 5) is 12.1. The zero-order valence-electron chi connectivity index (χ0n) is 12.6. The number of tetrazole rings is 1. The maximum atomic E-state index is 12.1. The first kappa shape index (κ1) is 15.0. The molecular weight excluding hydrogens is 270 g/mol. The van der Waals surface area contributed by atoms with E-state index in [1.165, 1.54) is 4.68 Å². The third kappa shape index (κ3) is 3.77. The number of hydrogen-bond acceptors (Lipinski definition) is 5. The summed E-state index contributed by atoms with van der Waals surface area (Å²) >= 11 is 0. The highest BCUT2D eigenvalue weighted by molar-refractivity contribution is 5.90. The van der Waals surface area contributed by atoms with Gasteiger partial charge in [-0.25, -0.2) is 4.68 Å². The van der Waals surface area contributed by atoms with Gasteiger partial charge in [0.25, 0.3) is 0 Å². The van der Waals surface area contributed by atoms with Gasteiger partial charge < -0.3 is 10.1 Å². The van der Waals surface area contributed by atoms with Gasteiger partial charge in [-0.3, -0.25) is 4.79 Å². The van der Waals surface area contributed by atoms with E-state index in [0.29, 0.717) is 11.5 Å². The quantitative estimate of drug-likeness (QED) is 0.924. The van der Waals surface area contributed by atoms with Crippen LogP contribution in [0.2, 0.25) is 0 Å². The minimum Gasteiger partial charge on any atom is -0.497 e. The summed E-state index contributed by atoms with van der Waals surface area (Å²) in [7, 11) is 1.60. The van der Waals surface area contributed by atoms with Crippen molar-refractivity contribution in [2.45, 2.75) is 32.7 Å². The molecule has 1 aromatic heterocycles. The molecule has 1 aromatic carbocycles. The Bertz CT molecular complexity index is 613. The van der Waals surface area contributed by atoms with Crippen LogP contribution in [0.3, 0.4) is 0 Å². The molecule has 0 spiro atoms. The van der Waals surface area contributed by atoms with Crippen molar-refractivity contribution in [3.8, 4) is 5.75 Å². The fourth-order valence-corrected chi connectivity index (χ4v) is 1.86. The van der Waals surface area contributed by atoms with Crippen LogP contribution in [0.4, 0.5) is 5.69 Å². The zero-order chi connectivity index (χ0) is 15.5. The fraction of sp³-hybridized carbons (Fsp3) is 0.429. The van der Waals surface area contributed by atoms with Crippen LogP contribution in [0, 0.1) is 0 Å². The normalized spacial score (nSPS) is 11.2. The minimum absolute atomic E-state index is 0.0750. The van der Waals surface area contributed by atoms with Crippen molar-refractivity contribution in [3.63, 3.8) is 0 Å². The van der Waals surface area contributed by atoms with E-state index >= 15 is 0 Å². The monoisotopic (exact) mass is 289 g/mol. The van der Waals surface area contributed by atoms with Crippen molar-refractivity contribution in [2.75, 3.05) is 12.4 Å². The lowest BCUT2D eigenvalue weighted by atomic mass is 9.96. The number of hydrogen-bond donors (Lipinski definition) is 1. The van der Waals surface area contributed by atoms with Crippen molar-refractivity contribution < 1.29 is 9.53 Å².